The van der Waals surface area contributed by atoms with Crippen molar-refractivity contribution in [1.29, 1.82) is 0 Å². The maximum Gasteiger partial charge on any atom is 0.251 e. The van der Waals surface area contributed by atoms with E-state index in [1.54, 1.807) is 6.07 Å². The number of nitrogens with one attached hydrogen (secondary N) is 1. The number of likely N-dealkylation sites (N-methyl/N-ethyl adjacent to an activating group) is 1. The maximum absolute atomic E-state index is 12.0. The van der Waals surface area contributed by atoms with Gasteiger partial charge in [0.15, 0.2) is 0 Å². The standard InChI is InChI=1S/C13H20N2OS/c1-9-5-6-11(17)7-12(9)13(16)14-8-10(2)15(3)4/h5-7,10,17H,8H2,1-4H3,(H,14,16). The van der Waals surface area contributed by atoms with Crippen LogP contribution in [0.2, 0.25) is 0 Å². The Morgan fingerprint density at radius 3 is 2.71 bits per heavy atom. The minimum atomic E-state index is -0.0351. The molecule has 0 saturated carbocycles. The molecule has 1 aromatic carbocycles. The molecule has 1 N–H and O–H groups in total. The highest BCUT2D eigenvalue weighted by Gasteiger charge is 2.11. The molecular weight excluding hydrogens is 232 g/mol. The van der Waals surface area contributed by atoms with Crippen LogP contribution in [0.25, 0.3) is 0 Å². The third-order valence-electron chi connectivity index (χ3n) is 2.91. The first-order valence-electron chi connectivity index (χ1n) is 5.66. The number of carbonyl (C=O) groups excluding carboxylic acids is 1. The Hall–Kier alpha value is -1.00. The summed E-state index contributed by atoms with van der Waals surface area (Å²) in [6, 6.07) is 5.91. The van der Waals surface area contributed by atoms with Crippen molar-refractivity contribution in [2.75, 3.05) is 20.6 Å². The minimum absolute atomic E-state index is 0.0351. The topological polar surface area (TPSA) is 32.3 Å². The maximum atomic E-state index is 12.0. The SMILES string of the molecule is Cc1ccc(S)cc1C(=O)NCC(C)N(C)C. The van der Waals surface area contributed by atoms with Crippen LogP contribution >= 0.6 is 12.6 Å². The van der Waals surface area contributed by atoms with Crippen molar-refractivity contribution in [2.24, 2.45) is 0 Å². The van der Waals surface area contributed by atoms with E-state index >= 15 is 0 Å². The molecule has 1 amide bonds. The first-order chi connectivity index (χ1) is 7.91. The summed E-state index contributed by atoms with van der Waals surface area (Å²) in [7, 11) is 3.99. The molecule has 0 bridgehead atoms. The average molecular weight is 252 g/mol. The van der Waals surface area contributed by atoms with Gasteiger partial charge in [-0.15, -0.1) is 12.6 Å². The summed E-state index contributed by atoms with van der Waals surface area (Å²) in [4.78, 5) is 14.9. The molecule has 4 heteroatoms. The lowest BCUT2D eigenvalue weighted by atomic mass is 10.1. The van der Waals surface area contributed by atoms with Gasteiger partial charge in [-0.2, -0.15) is 0 Å². The van der Waals surface area contributed by atoms with Crippen molar-refractivity contribution in [3.8, 4) is 0 Å². The van der Waals surface area contributed by atoms with Gasteiger partial charge in [0.1, 0.15) is 0 Å². The number of nitrogens with zero attached hydrogens (tertiary/aromatic N) is 1. The molecule has 0 fully saturated rings. The normalized spacial score (nSPS) is 12.6. The number of hydrogen-bond acceptors (Lipinski definition) is 3. The molecule has 1 rings (SSSR count). The molecule has 3 nitrogen and oxygen atoms in total. The lowest BCUT2D eigenvalue weighted by molar-refractivity contribution is 0.0943. The quantitative estimate of drug-likeness (QED) is 0.803. The van der Waals surface area contributed by atoms with Crippen LogP contribution < -0.4 is 5.32 Å². The Morgan fingerprint density at radius 2 is 2.12 bits per heavy atom. The van der Waals surface area contributed by atoms with E-state index in [1.165, 1.54) is 0 Å². The molecule has 0 aliphatic rings. The van der Waals surface area contributed by atoms with Gasteiger partial charge in [0.2, 0.25) is 0 Å². The van der Waals surface area contributed by atoms with Gasteiger partial charge in [0.05, 0.1) is 0 Å². The van der Waals surface area contributed by atoms with Crippen molar-refractivity contribution in [3.05, 3.63) is 29.3 Å². The second-order valence-corrected chi connectivity index (χ2v) is 5.04. The van der Waals surface area contributed by atoms with Crippen LogP contribution in [-0.4, -0.2) is 37.5 Å². The van der Waals surface area contributed by atoms with Gasteiger partial charge in [-0.05, 0) is 45.6 Å². The number of thiol groups is 1. The van der Waals surface area contributed by atoms with Crippen LogP contribution in [0.1, 0.15) is 22.8 Å². The summed E-state index contributed by atoms with van der Waals surface area (Å²) >= 11 is 4.25. The van der Waals surface area contributed by atoms with Crippen molar-refractivity contribution in [1.82, 2.24) is 10.2 Å². The van der Waals surface area contributed by atoms with Crippen molar-refractivity contribution < 1.29 is 4.79 Å². The number of aryl methyl sites for hydroxylation is 1. The smallest absolute Gasteiger partial charge is 0.251 e. The molecule has 1 aromatic rings. The number of amides is 1. The van der Waals surface area contributed by atoms with Crippen molar-refractivity contribution in [3.63, 3.8) is 0 Å². The molecule has 0 aromatic heterocycles. The lowest BCUT2D eigenvalue weighted by Gasteiger charge is -2.20. The van der Waals surface area contributed by atoms with E-state index in [0.29, 0.717) is 18.2 Å². The second kappa shape index (κ2) is 6.07. The summed E-state index contributed by atoms with van der Waals surface area (Å²) < 4.78 is 0. The Kier molecular flexibility index (Phi) is 5.02. The fourth-order valence-electron chi connectivity index (χ4n) is 1.37. The minimum Gasteiger partial charge on any atom is -0.350 e. The molecule has 0 saturated heterocycles. The lowest BCUT2D eigenvalue weighted by Crippen LogP contribution is -2.38. The largest absolute Gasteiger partial charge is 0.350 e. The van der Waals surface area contributed by atoms with E-state index in [2.05, 4.69) is 29.8 Å². The van der Waals surface area contributed by atoms with Gasteiger partial charge in [0, 0.05) is 23.0 Å². The molecule has 1 unspecified atom stereocenters. The first kappa shape index (κ1) is 14.1. The van der Waals surface area contributed by atoms with Crippen LogP contribution in [-0.2, 0) is 0 Å². The molecule has 0 aliphatic carbocycles. The first-order valence-corrected chi connectivity index (χ1v) is 6.10. The van der Waals surface area contributed by atoms with Gasteiger partial charge < -0.3 is 10.2 Å². The number of rotatable bonds is 4. The average Bonchev–Trinajstić information content (AvgIpc) is 2.28. The van der Waals surface area contributed by atoms with Crippen LogP contribution in [0.5, 0.6) is 0 Å². The van der Waals surface area contributed by atoms with Gasteiger partial charge >= 0.3 is 0 Å². The third-order valence-corrected chi connectivity index (χ3v) is 3.18. The number of carbonyl (C=O) groups is 1. The summed E-state index contributed by atoms with van der Waals surface area (Å²) in [5.74, 6) is -0.0351. The van der Waals surface area contributed by atoms with E-state index in [4.69, 9.17) is 0 Å². The fraction of sp³-hybridized carbons (Fsp3) is 0.462. The third kappa shape index (κ3) is 4.06. The van der Waals surface area contributed by atoms with E-state index < -0.39 is 0 Å². The second-order valence-electron chi connectivity index (χ2n) is 4.52. The van der Waals surface area contributed by atoms with E-state index in [-0.39, 0.29) is 5.91 Å². The van der Waals surface area contributed by atoms with Crippen LogP contribution in [0.3, 0.4) is 0 Å². The van der Waals surface area contributed by atoms with Crippen LogP contribution in [0.15, 0.2) is 23.1 Å². The van der Waals surface area contributed by atoms with Crippen molar-refractivity contribution >= 4 is 18.5 Å². The molecule has 0 spiro atoms. The highest BCUT2D eigenvalue weighted by Crippen LogP contribution is 2.13. The summed E-state index contributed by atoms with van der Waals surface area (Å²) in [5, 5.41) is 2.93. The molecular formula is C13H20N2OS. The highest BCUT2D eigenvalue weighted by molar-refractivity contribution is 7.80. The van der Waals surface area contributed by atoms with Gasteiger partial charge in [-0.3, -0.25) is 4.79 Å². The zero-order valence-electron chi connectivity index (χ0n) is 10.8. The Morgan fingerprint density at radius 1 is 1.47 bits per heavy atom. The van der Waals surface area contributed by atoms with Gasteiger partial charge in [-0.25, -0.2) is 0 Å². The molecule has 0 heterocycles. The van der Waals surface area contributed by atoms with Gasteiger partial charge in [-0.1, -0.05) is 6.07 Å². The Labute approximate surface area is 109 Å². The number of hydrogen-bond donors (Lipinski definition) is 2. The van der Waals surface area contributed by atoms with Crippen LogP contribution in [0.4, 0.5) is 0 Å². The monoisotopic (exact) mass is 252 g/mol. The molecule has 17 heavy (non-hydrogen) atoms. The summed E-state index contributed by atoms with van der Waals surface area (Å²) in [6.45, 7) is 4.64. The van der Waals surface area contributed by atoms with Gasteiger partial charge in [0.25, 0.3) is 5.91 Å². The van der Waals surface area contributed by atoms with Crippen molar-refractivity contribution in [2.45, 2.75) is 24.8 Å². The zero-order chi connectivity index (χ0) is 13.0. The predicted octanol–water partition coefficient (Wildman–Crippen LogP) is 1.96. The zero-order valence-corrected chi connectivity index (χ0v) is 11.7. The number of benzene rings is 1. The van der Waals surface area contributed by atoms with E-state index in [0.717, 1.165) is 10.5 Å². The molecule has 1 atom stereocenters. The van der Waals surface area contributed by atoms with E-state index in [9.17, 15) is 4.79 Å². The summed E-state index contributed by atoms with van der Waals surface area (Å²) in [5.41, 5.74) is 1.67. The molecule has 0 radical (unpaired) electrons. The fourth-order valence-corrected chi connectivity index (χ4v) is 1.58. The molecule has 0 aliphatic heterocycles. The Balaban J connectivity index is 2.67. The predicted molar refractivity (Wildman–Crippen MR) is 73.9 cm³/mol. The highest BCUT2D eigenvalue weighted by atomic mass is 32.1. The Bertz CT molecular complexity index is 404. The molecule has 94 valence electrons. The summed E-state index contributed by atoms with van der Waals surface area (Å²) in [6.07, 6.45) is 0. The van der Waals surface area contributed by atoms with Crippen LogP contribution in [0, 0.1) is 6.92 Å². The van der Waals surface area contributed by atoms with E-state index in [1.807, 2.05) is 33.2 Å².